The number of hydrogen-bond acceptors (Lipinski definition) is 4. The minimum Gasteiger partial charge on any atom is -0.377 e. The van der Waals surface area contributed by atoms with Gasteiger partial charge in [-0.3, -0.25) is 0 Å². The van der Waals surface area contributed by atoms with Crippen LogP contribution in [0.1, 0.15) is 39.0 Å². The van der Waals surface area contributed by atoms with Gasteiger partial charge in [-0.15, -0.1) is 0 Å². The van der Waals surface area contributed by atoms with Gasteiger partial charge in [0.1, 0.15) is 0 Å². The van der Waals surface area contributed by atoms with E-state index in [1.807, 2.05) is 0 Å². The van der Waals surface area contributed by atoms with Crippen molar-refractivity contribution in [3.63, 3.8) is 0 Å². The van der Waals surface area contributed by atoms with Crippen LogP contribution in [-0.4, -0.2) is 50.3 Å². The van der Waals surface area contributed by atoms with E-state index in [1.165, 1.54) is 0 Å². The highest BCUT2D eigenvalue weighted by atomic mass is 32.2. The molecule has 6 heteroatoms. The summed E-state index contributed by atoms with van der Waals surface area (Å²) in [6, 6.07) is -0.0395. The molecule has 3 unspecified atom stereocenters. The number of nitrogens with two attached hydrogens (primary N) is 1. The number of sulfonamides is 1. The minimum absolute atomic E-state index is 0.0395. The molecule has 2 fully saturated rings. The van der Waals surface area contributed by atoms with Gasteiger partial charge < -0.3 is 10.5 Å². The van der Waals surface area contributed by atoms with Crippen LogP contribution >= 0.6 is 0 Å². The van der Waals surface area contributed by atoms with Crippen LogP contribution in [0.15, 0.2) is 0 Å². The summed E-state index contributed by atoms with van der Waals surface area (Å²) in [6.45, 7) is 3.81. The van der Waals surface area contributed by atoms with E-state index in [9.17, 15) is 8.42 Å². The molecule has 0 amide bonds. The Bertz CT molecular complexity index is 379. The Morgan fingerprint density at radius 3 is 2.68 bits per heavy atom. The molecule has 0 radical (unpaired) electrons. The summed E-state index contributed by atoms with van der Waals surface area (Å²) in [7, 11) is -3.25. The molecule has 3 atom stereocenters. The Labute approximate surface area is 116 Å². The van der Waals surface area contributed by atoms with Crippen molar-refractivity contribution < 1.29 is 13.2 Å². The molecule has 2 aliphatic rings. The topological polar surface area (TPSA) is 72.6 Å². The van der Waals surface area contributed by atoms with Gasteiger partial charge in [-0.05, 0) is 38.0 Å². The van der Waals surface area contributed by atoms with Gasteiger partial charge in [-0.1, -0.05) is 6.92 Å². The number of piperidine rings is 1. The zero-order chi connectivity index (χ0) is 13.9. The first-order chi connectivity index (χ1) is 9.04. The lowest BCUT2D eigenvalue weighted by Gasteiger charge is -2.39. The monoisotopic (exact) mass is 290 g/mol. The normalized spacial score (nSPS) is 34.3. The SMILES string of the molecule is CC1CCCN(S(=O)(=O)CC2CCCCO2)C1CN. The molecule has 0 aromatic carbocycles. The van der Waals surface area contributed by atoms with Crippen LogP contribution in [0.5, 0.6) is 0 Å². The fourth-order valence-corrected chi connectivity index (χ4v) is 5.21. The van der Waals surface area contributed by atoms with Crippen molar-refractivity contribution in [3.05, 3.63) is 0 Å². The Kier molecular flexibility index (Phi) is 5.22. The molecule has 0 spiro atoms. The minimum atomic E-state index is -3.25. The van der Waals surface area contributed by atoms with Crippen molar-refractivity contribution >= 4 is 10.0 Å². The van der Waals surface area contributed by atoms with Crippen molar-refractivity contribution in [1.29, 1.82) is 0 Å². The first-order valence-electron chi connectivity index (χ1n) is 7.36. The fraction of sp³-hybridized carbons (Fsp3) is 1.00. The Morgan fingerprint density at radius 2 is 2.05 bits per heavy atom. The van der Waals surface area contributed by atoms with Crippen molar-refractivity contribution in [2.75, 3.05) is 25.4 Å². The highest BCUT2D eigenvalue weighted by Gasteiger charge is 2.37. The summed E-state index contributed by atoms with van der Waals surface area (Å²) in [5.41, 5.74) is 5.78. The van der Waals surface area contributed by atoms with E-state index in [0.29, 0.717) is 25.6 Å². The Morgan fingerprint density at radius 1 is 1.26 bits per heavy atom. The summed E-state index contributed by atoms with van der Waals surface area (Å²) in [5, 5.41) is 0. The molecule has 19 heavy (non-hydrogen) atoms. The maximum atomic E-state index is 12.6. The Hall–Kier alpha value is -0.170. The third kappa shape index (κ3) is 3.68. The Balaban J connectivity index is 2.04. The van der Waals surface area contributed by atoms with Crippen molar-refractivity contribution in [1.82, 2.24) is 4.31 Å². The largest absolute Gasteiger partial charge is 0.377 e. The third-order valence-corrected chi connectivity index (χ3v) is 6.29. The van der Waals surface area contributed by atoms with Gasteiger partial charge in [-0.2, -0.15) is 4.31 Å². The van der Waals surface area contributed by atoms with Crippen LogP contribution in [0.3, 0.4) is 0 Å². The van der Waals surface area contributed by atoms with Gasteiger partial charge in [0, 0.05) is 25.7 Å². The molecular formula is C13H26N2O3S. The second-order valence-electron chi connectivity index (χ2n) is 5.80. The summed E-state index contributed by atoms with van der Waals surface area (Å²) >= 11 is 0. The van der Waals surface area contributed by atoms with Gasteiger partial charge in [0.2, 0.25) is 10.0 Å². The highest BCUT2D eigenvalue weighted by Crippen LogP contribution is 2.26. The van der Waals surface area contributed by atoms with Gasteiger partial charge in [0.15, 0.2) is 0 Å². The average Bonchev–Trinajstić information content (AvgIpc) is 2.39. The molecule has 5 nitrogen and oxygen atoms in total. The van der Waals surface area contributed by atoms with E-state index in [2.05, 4.69) is 6.92 Å². The third-order valence-electron chi connectivity index (χ3n) is 4.33. The standard InChI is InChI=1S/C13H26N2O3S/c1-11-5-4-7-15(13(11)9-14)19(16,17)10-12-6-2-3-8-18-12/h11-13H,2-10,14H2,1H3. The predicted molar refractivity (Wildman–Crippen MR) is 75.3 cm³/mol. The number of rotatable bonds is 4. The van der Waals surface area contributed by atoms with Gasteiger partial charge in [0.05, 0.1) is 11.9 Å². The predicted octanol–water partition coefficient (Wildman–Crippen LogP) is 0.945. The maximum absolute atomic E-state index is 12.6. The molecule has 2 N–H and O–H groups in total. The maximum Gasteiger partial charge on any atom is 0.216 e. The second-order valence-corrected chi connectivity index (χ2v) is 7.77. The lowest BCUT2D eigenvalue weighted by Crippen LogP contribution is -2.53. The number of nitrogens with zero attached hydrogens (tertiary/aromatic N) is 1. The fourth-order valence-electron chi connectivity index (χ4n) is 3.18. The van der Waals surface area contributed by atoms with Gasteiger partial charge in [-0.25, -0.2) is 8.42 Å². The van der Waals surface area contributed by atoms with Crippen LogP contribution in [0.25, 0.3) is 0 Å². The van der Waals surface area contributed by atoms with E-state index in [0.717, 1.165) is 32.1 Å². The van der Waals surface area contributed by atoms with Crippen LogP contribution in [0.4, 0.5) is 0 Å². The number of hydrogen-bond donors (Lipinski definition) is 1. The number of ether oxygens (including phenoxy) is 1. The average molecular weight is 290 g/mol. The second kappa shape index (κ2) is 6.52. The van der Waals surface area contributed by atoms with Gasteiger partial charge >= 0.3 is 0 Å². The highest BCUT2D eigenvalue weighted by molar-refractivity contribution is 7.89. The quantitative estimate of drug-likeness (QED) is 0.836. The molecular weight excluding hydrogens is 264 g/mol. The van der Waals surface area contributed by atoms with E-state index in [1.54, 1.807) is 4.31 Å². The first kappa shape index (κ1) is 15.2. The van der Waals surface area contributed by atoms with Crippen molar-refractivity contribution in [2.45, 2.75) is 51.2 Å². The van der Waals surface area contributed by atoms with Crippen molar-refractivity contribution in [2.24, 2.45) is 11.7 Å². The molecule has 112 valence electrons. The van der Waals surface area contributed by atoms with Crippen LogP contribution in [-0.2, 0) is 14.8 Å². The lowest BCUT2D eigenvalue weighted by atomic mass is 9.93. The molecule has 0 saturated carbocycles. The van der Waals surface area contributed by atoms with E-state index >= 15 is 0 Å². The molecule has 2 aliphatic heterocycles. The summed E-state index contributed by atoms with van der Waals surface area (Å²) in [5.74, 6) is 0.469. The zero-order valence-corrected chi connectivity index (χ0v) is 12.6. The zero-order valence-electron chi connectivity index (χ0n) is 11.8. The van der Waals surface area contributed by atoms with E-state index in [-0.39, 0.29) is 17.9 Å². The summed E-state index contributed by atoms with van der Waals surface area (Å²) in [6.07, 6.45) is 4.83. The van der Waals surface area contributed by atoms with Crippen LogP contribution in [0.2, 0.25) is 0 Å². The first-order valence-corrected chi connectivity index (χ1v) is 8.96. The smallest absolute Gasteiger partial charge is 0.216 e. The van der Waals surface area contributed by atoms with Gasteiger partial charge in [0.25, 0.3) is 0 Å². The molecule has 0 aliphatic carbocycles. The van der Waals surface area contributed by atoms with Crippen LogP contribution < -0.4 is 5.73 Å². The molecule has 2 saturated heterocycles. The molecule has 0 bridgehead atoms. The lowest BCUT2D eigenvalue weighted by molar-refractivity contribution is 0.0293. The molecule has 0 aromatic rings. The van der Waals surface area contributed by atoms with Crippen molar-refractivity contribution in [3.8, 4) is 0 Å². The summed E-state index contributed by atoms with van der Waals surface area (Å²) < 4.78 is 32.3. The molecule has 2 heterocycles. The van der Waals surface area contributed by atoms with E-state index < -0.39 is 10.0 Å². The molecule has 0 aromatic heterocycles. The molecule has 2 rings (SSSR count). The summed E-state index contributed by atoms with van der Waals surface area (Å²) in [4.78, 5) is 0. The van der Waals surface area contributed by atoms with Crippen LogP contribution in [0, 0.1) is 5.92 Å². The van der Waals surface area contributed by atoms with E-state index in [4.69, 9.17) is 10.5 Å².